The highest BCUT2D eigenvalue weighted by Crippen LogP contribution is 2.23. The van der Waals surface area contributed by atoms with Gasteiger partial charge in [0.05, 0.1) is 13.2 Å². The Balaban J connectivity index is 2.04. The lowest BCUT2D eigenvalue weighted by atomic mass is 10.3. The second kappa shape index (κ2) is 12.2. The smallest absolute Gasteiger partial charge is 0.154 e. The Morgan fingerprint density at radius 2 is 1.19 bits per heavy atom. The Morgan fingerprint density at radius 1 is 0.778 bits per heavy atom. The van der Waals surface area contributed by atoms with E-state index in [1.807, 2.05) is 24.3 Å². The molecule has 3 rings (SSSR count). The number of benzene rings is 1. The molecular weight excluding hydrogens is 340 g/mol. The molecule has 0 saturated carbocycles. The molecule has 1 aromatic rings. The summed E-state index contributed by atoms with van der Waals surface area (Å²) < 4.78 is 18.4. The normalized spacial score (nSPS) is 21.3. The molecule has 2 atom stereocenters. The van der Waals surface area contributed by atoms with Gasteiger partial charge in [-0.15, -0.1) is 0 Å². The molecular formula is C22H38N2O3. The lowest BCUT2D eigenvalue weighted by Gasteiger charge is -2.28. The number of rotatable bonds is 8. The van der Waals surface area contributed by atoms with Crippen molar-refractivity contribution in [2.75, 3.05) is 40.4 Å². The number of hydrogen-bond donors (Lipinski definition) is 0. The van der Waals surface area contributed by atoms with Crippen LogP contribution >= 0.6 is 0 Å². The first-order valence-electron chi connectivity index (χ1n) is 10.6. The van der Waals surface area contributed by atoms with Gasteiger partial charge in [0.2, 0.25) is 0 Å². The maximum atomic E-state index is 6.25. The standard InChI is InChI=1S/C22H38N2O3/c1-5-7-15-23(3)21-13-17-25-18-14-22(24(4)16-8-6-2)27-20-11-9-19(26-21)10-12-20/h9-12,21-22H,5-8,13-18H2,1-4H3. The summed E-state index contributed by atoms with van der Waals surface area (Å²) in [5.41, 5.74) is 0. The van der Waals surface area contributed by atoms with Gasteiger partial charge in [0.1, 0.15) is 11.5 Å². The molecule has 2 aliphatic rings. The Hall–Kier alpha value is -1.30. The van der Waals surface area contributed by atoms with Crippen LogP contribution in [0.5, 0.6) is 11.5 Å². The van der Waals surface area contributed by atoms with Crippen molar-refractivity contribution in [2.45, 2.75) is 64.8 Å². The first-order chi connectivity index (χ1) is 13.1. The molecule has 154 valence electrons. The predicted molar refractivity (Wildman–Crippen MR) is 110 cm³/mol. The lowest BCUT2D eigenvalue weighted by Crippen LogP contribution is -2.38. The van der Waals surface area contributed by atoms with E-state index in [4.69, 9.17) is 14.2 Å². The summed E-state index contributed by atoms with van der Waals surface area (Å²) in [7, 11) is 4.27. The van der Waals surface area contributed by atoms with Crippen molar-refractivity contribution in [3.05, 3.63) is 24.3 Å². The molecule has 2 heterocycles. The van der Waals surface area contributed by atoms with Crippen molar-refractivity contribution < 1.29 is 14.2 Å². The number of ether oxygens (including phenoxy) is 3. The highest BCUT2D eigenvalue weighted by molar-refractivity contribution is 5.31. The van der Waals surface area contributed by atoms with Crippen LogP contribution < -0.4 is 9.47 Å². The topological polar surface area (TPSA) is 34.2 Å². The van der Waals surface area contributed by atoms with Gasteiger partial charge in [-0.3, -0.25) is 9.80 Å². The van der Waals surface area contributed by atoms with Gasteiger partial charge in [0.25, 0.3) is 0 Å². The van der Waals surface area contributed by atoms with Gasteiger partial charge >= 0.3 is 0 Å². The van der Waals surface area contributed by atoms with E-state index in [-0.39, 0.29) is 12.5 Å². The predicted octanol–water partition coefficient (Wildman–Crippen LogP) is 4.37. The molecule has 0 N–H and O–H groups in total. The minimum Gasteiger partial charge on any atom is -0.475 e. The second-order valence-electron chi connectivity index (χ2n) is 7.47. The molecule has 5 heteroatoms. The zero-order chi connectivity index (χ0) is 19.5. The zero-order valence-electron chi connectivity index (χ0n) is 17.7. The molecule has 0 aliphatic carbocycles. The Morgan fingerprint density at radius 3 is 1.56 bits per heavy atom. The van der Waals surface area contributed by atoms with Gasteiger partial charge in [-0.25, -0.2) is 0 Å². The van der Waals surface area contributed by atoms with Gasteiger partial charge < -0.3 is 14.2 Å². The van der Waals surface area contributed by atoms with Gasteiger partial charge in [-0.1, -0.05) is 26.7 Å². The van der Waals surface area contributed by atoms with Crippen molar-refractivity contribution >= 4 is 0 Å². The zero-order valence-corrected chi connectivity index (χ0v) is 17.7. The largest absolute Gasteiger partial charge is 0.475 e. The molecule has 0 fully saturated rings. The lowest BCUT2D eigenvalue weighted by molar-refractivity contribution is -0.00966. The van der Waals surface area contributed by atoms with Crippen LogP contribution in [-0.2, 0) is 4.74 Å². The first kappa shape index (κ1) is 22.0. The maximum Gasteiger partial charge on any atom is 0.154 e. The average Bonchev–Trinajstić information content (AvgIpc) is 2.71. The average molecular weight is 379 g/mol. The van der Waals surface area contributed by atoms with Crippen LogP contribution in [0.25, 0.3) is 0 Å². The van der Waals surface area contributed by atoms with Crippen LogP contribution in [0.4, 0.5) is 0 Å². The number of unbranched alkanes of at least 4 members (excludes halogenated alkanes) is 2. The third-order valence-electron chi connectivity index (χ3n) is 5.10. The Kier molecular flexibility index (Phi) is 9.95. The maximum absolute atomic E-state index is 6.25. The summed E-state index contributed by atoms with van der Waals surface area (Å²) in [6, 6.07) is 8.05. The Bertz CT molecular complexity index is 464. The van der Waals surface area contributed by atoms with Crippen molar-refractivity contribution in [3.63, 3.8) is 0 Å². The molecule has 2 aliphatic heterocycles. The number of hydrogen-bond acceptors (Lipinski definition) is 5. The number of nitrogens with zero attached hydrogens (tertiary/aromatic N) is 2. The summed E-state index contributed by atoms with van der Waals surface area (Å²) in [6.07, 6.45) is 6.52. The van der Waals surface area contributed by atoms with E-state index in [0.29, 0.717) is 13.2 Å². The highest BCUT2D eigenvalue weighted by atomic mass is 16.5. The fraction of sp³-hybridized carbons (Fsp3) is 0.727. The summed E-state index contributed by atoms with van der Waals surface area (Å²) in [5.74, 6) is 1.76. The quantitative estimate of drug-likeness (QED) is 0.671. The minimum atomic E-state index is 0.0343. The van der Waals surface area contributed by atoms with Crippen LogP contribution in [0.3, 0.4) is 0 Å². The van der Waals surface area contributed by atoms with Gasteiger partial charge in [-0.05, 0) is 51.2 Å². The van der Waals surface area contributed by atoms with Gasteiger partial charge in [0, 0.05) is 25.9 Å². The third-order valence-corrected chi connectivity index (χ3v) is 5.10. The molecule has 0 spiro atoms. The first-order valence-corrected chi connectivity index (χ1v) is 10.6. The molecule has 1 aromatic carbocycles. The third kappa shape index (κ3) is 7.68. The van der Waals surface area contributed by atoms with E-state index >= 15 is 0 Å². The van der Waals surface area contributed by atoms with Crippen molar-refractivity contribution in [1.82, 2.24) is 9.80 Å². The van der Waals surface area contributed by atoms with Crippen molar-refractivity contribution in [1.29, 1.82) is 0 Å². The van der Waals surface area contributed by atoms with E-state index in [1.54, 1.807) is 0 Å². The van der Waals surface area contributed by atoms with Crippen LogP contribution in [0.1, 0.15) is 52.4 Å². The van der Waals surface area contributed by atoms with E-state index in [0.717, 1.165) is 37.4 Å². The monoisotopic (exact) mass is 378 g/mol. The number of fused-ring (bicyclic) bond motifs is 10. The SMILES string of the molecule is CCCCN(C)C1CCOCCC(N(C)CCCC)Oc2ccc(cc2)O1. The molecule has 5 nitrogen and oxygen atoms in total. The van der Waals surface area contributed by atoms with E-state index < -0.39 is 0 Å². The van der Waals surface area contributed by atoms with Gasteiger partial charge in [-0.2, -0.15) is 0 Å². The summed E-state index contributed by atoms with van der Waals surface area (Å²) in [5, 5.41) is 0. The second-order valence-corrected chi connectivity index (χ2v) is 7.47. The van der Waals surface area contributed by atoms with E-state index in [9.17, 15) is 0 Å². The molecule has 2 bridgehead atoms. The fourth-order valence-electron chi connectivity index (χ4n) is 3.22. The molecule has 0 amide bonds. The van der Waals surface area contributed by atoms with Crippen LogP contribution in [-0.4, -0.2) is 62.7 Å². The summed E-state index contributed by atoms with van der Waals surface area (Å²) >= 11 is 0. The van der Waals surface area contributed by atoms with Crippen LogP contribution in [0, 0.1) is 0 Å². The van der Waals surface area contributed by atoms with Gasteiger partial charge in [0.15, 0.2) is 12.5 Å². The van der Waals surface area contributed by atoms with E-state index in [2.05, 4.69) is 37.7 Å². The van der Waals surface area contributed by atoms with Crippen molar-refractivity contribution in [3.8, 4) is 11.5 Å². The molecule has 2 unspecified atom stereocenters. The molecule has 27 heavy (non-hydrogen) atoms. The van der Waals surface area contributed by atoms with Crippen molar-refractivity contribution in [2.24, 2.45) is 0 Å². The Labute approximate surface area is 165 Å². The molecule has 0 aromatic heterocycles. The van der Waals surface area contributed by atoms with Crippen LogP contribution in [0.15, 0.2) is 24.3 Å². The van der Waals surface area contributed by atoms with Crippen LogP contribution in [0.2, 0.25) is 0 Å². The fourth-order valence-corrected chi connectivity index (χ4v) is 3.22. The van der Waals surface area contributed by atoms with E-state index in [1.165, 1.54) is 25.7 Å². The summed E-state index contributed by atoms with van der Waals surface area (Å²) in [6.45, 7) is 7.90. The summed E-state index contributed by atoms with van der Waals surface area (Å²) in [4.78, 5) is 4.58. The minimum absolute atomic E-state index is 0.0343. The highest BCUT2D eigenvalue weighted by Gasteiger charge is 2.20. The molecule has 0 saturated heterocycles. The molecule has 0 radical (unpaired) electrons.